The number of carbonyl (C=O) groups excluding carboxylic acids is 4. The number of rotatable bonds is 24. The number of nitrogens with one attached hydrogen (secondary N) is 1. The molecule has 1 N–H and O–H groups in total. The normalized spacial score (nSPS) is 10.8. The summed E-state index contributed by atoms with van der Waals surface area (Å²) in [4.78, 5) is 40.6. The molecule has 13 heteroatoms. The van der Waals surface area contributed by atoms with Crippen LogP contribution in [0.15, 0.2) is 48.5 Å². The number of ether oxygens (including phenoxy) is 7. The predicted molar refractivity (Wildman–Crippen MR) is 163 cm³/mol. The molecule has 0 saturated heterocycles. The van der Waals surface area contributed by atoms with Gasteiger partial charge in [0, 0.05) is 30.3 Å². The van der Waals surface area contributed by atoms with E-state index in [0.717, 1.165) is 21.8 Å². The van der Waals surface area contributed by atoms with Gasteiger partial charge in [0.25, 0.3) is 0 Å². The summed E-state index contributed by atoms with van der Waals surface area (Å²) < 4.78 is 39.7. The highest BCUT2D eigenvalue weighted by molar-refractivity contribution is 6.07. The van der Waals surface area contributed by atoms with Crippen molar-refractivity contribution in [1.29, 1.82) is 0 Å². The van der Waals surface area contributed by atoms with Crippen LogP contribution < -0.4 is 5.32 Å². The molecular weight excluding hydrogens is 588 g/mol. The van der Waals surface area contributed by atoms with E-state index in [9.17, 15) is 9.59 Å². The van der Waals surface area contributed by atoms with Crippen molar-refractivity contribution < 1.29 is 52.3 Å². The van der Waals surface area contributed by atoms with Gasteiger partial charge in [-0.15, -0.1) is 0 Å². The number of aromatic nitrogens is 1. The first kappa shape index (κ1) is 37.5. The Balaban J connectivity index is 0.00000226. The second-order valence-electron chi connectivity index (χ2n) is 9.30. The fraction of sp³-hybridized carbons (Fsp3) is 0.531. The van der Waals surface area contributed by atoms with Gasteiger partial charge in [-0.25, -0.2) is 0 Å². The van der Waals surface area contributed by atoms with Gasteiger partial charge in [-0.3, -0.25) is 9.59 Å². The van der Waals surface area contributed by atoms with Gasteiger partial charge in [-0.2, -0.15) is 9.59 Å². The molecule has 1 amide bonds. The fourth-order valence-corrected chi connectivity index (χ4v) is 4.16. The van der Waals surface area contributed by atoms with Crippen LogP contribution in [-0.4, -0.2) is 108 Å². The number of hydrogen-bond acceptors (Lipinski definition) is 11. The van der Waals surface area contributed by atoms with Crippen LogP contribution >= 0.6 is 0 Å². The summed E-state index contributed by atoms with van der Waals surface area (Å²) in [6.07, 6.45) is 0.317. The monoisotopic (exact) mass is 632 g/mol. The van der Waals surface area contributed by atoms with Crippen LogP contribution in [0.1, 0.15) is 19.8 Å². The molecule has 0 spiro atoms. The zero-order valence-electron chi connectivity index (χ0n) is 25.9. The molecule has 248 valence electrons. The van der Waals surface area contributed by atoms with Crippen molar-refractivity contribution in [1.82, 2.24) is 9.88 Å². The number of esters is 1. The maximum absolute atomic E-state index is 12.3. The SMILES string of the molecule is CCOCCOCCOCCOCCOCCOCCNC(=O)CCC(=O)OCn1c2ccccc2c2ccccc21.O=C=O. The van der Waals surface area contributed by atoms with E-state index >= 15 is 0 Å². The molecule has 45 heavy (non-hydrogen) atoms. The first-order chi connectivity index (χ1) is 22.1. The summed E-state index contributed by atoms with van der Waals surface area (Å²) in [6, 6.07) is 16.0. The van der Waals surface area contributed by atoms with Crippen LogP contribution in [0, 0.1) is 0 Å². The van der Waals surface area contributed by atoms with Crippen molar-refractivity contribution in [3.8, 4) is 0 Å². The van der Waals surface area contributed by atoms with E-state index < -0.39 is 5.97 Å². The molecule has 13 nitrogen and oxygen atoms in total. The minimum absolute atomic E-state index is 0.00916. The summed E-state index contributed by atoms with van der Waals surface area (Å²) >= 11 is 0. The first-order valence-electron chi connectivity index (χ1n) is 15.0. The summed E-state index contributed by atoms with van der Waals surface area (Å²) in [5.41, 5.74) is 1.99. The highest BCUT2D eigenvalue weighted by Gasteiger charge is 2.12. The Labute approximate surface area is 263 Å². The van der Waals surface area contributed by atoms with Crippen molar-refractivity contribution in [3.63, 3.8) is 0 Å². The standard InChI is InChI=1S/C31H44N2O9.CO2/c1-2-36-15-16-38-19-20-40-23-24-41-22-21-39-18-17-37-14-13-32-30(34)11-12-31(35)42-25-33-28-9-5-3-7-26(28)27-8-4-6-10-29(27)33;2-1-3/h3-10H,2,11-25H2,1H3,(H,32,34);. The smallest absolute Gasteiger partial charge is 0.373 e. The van der Waals surface area contributed by atoms with Crippen LogP contribution in [0.3, 0.4) is 0 Å². The molecule has 2 aromatic carbocycles. The molecule has 3 rings (SSSR count). The fourth-order valence-electron chi connectivity index (χ4n) is 4.16. The lowest BCUT2D eigenvalue weighted by molar-refractivity contribution is -0.191. The van der Waals surface area contributed by atoms with E-state index in [4.69, 9.17) is 42.7 Å². The van der Waals surface area contributed by atoms with Crippen LogP contribution in [0.4, 0.5) is 0 Å². The van der Waals surface area contributed by atoms with Gasteiger partial charge < -0.3 is 43.0 Å². The highest BCUT2D eigenvalue weighted by Crippen LogP contribution is 2.28. The molecule has 0 saturated carbocycles. The number of hydrogen-bond donors (Lipinski definition) is 1. The van der Waals surface area contributed by atoms with Crippen LogP contribution in [-0.2, 0) is 59.1 Å². The Morgan fingerprint density at radius 2 is 1.07 bits per heavy atom. The van der Waals surface area contributed by atoms with Gasteiger partial charge in [-0.1, -0.05) is 36.4 Å². The van der Waals surface area contributed by atoms with E-state index in [-0.39, 0.29) is 31.6 Å². The van der Waals surface area contributed by atoms with Crippen molar-refractivity contribution in [2.75, 3.05) is 85.8 Å². The Bertz CT molecular complexity index is 1220. The molecule has 0 atom stereocenters. The van der Waals surface area contributed by atoms with E-state index in [1.165, 1.54) is 0 Å². The second kappa shape index (κ2) is 24.6. The highest BCUT2D eigenvalue weighted by atomic mass is 16.6. The van der Waals surface area contributed by atoms with E-state index in [2.05, 4.69) is 17.4 Å². The molecular formula is C32H44N2O11. The lowest BCUT2D eigenvalue weighted by Crippen LogP contribution is -2.28. The van der Waals surface area contributed by atoms with E-state index in [1.54, 1.807) is 0 Å². The third-order valence-electron chi connectivity index (χ3n) is 6.22. The van der Waals surface area contributed by atoms with Gasteiger partial charge in [0.05, 0.1) is 90.1 Å². The zero-order valence-corrected chi connectivity index (χ0v) is 25.9. The summed E-state index contributed by atoms with van der Waals surface area (Å²) in [7, 11) is 0. The average molecular weight is 633 g/mol. The lowest BCUT2D eigenvalue weighted by atomic mass is 10.2. The molecule has 3 aromatic rings. The molecule has 0 aliphatic heterocycles. The summed E-state index contributed by atoms with van der Waals surface area (Å²) in [5, 5.41) is 4.96. The Morgan fingerprint density at radius 3 is 1.53 bits per heavy atom. The summed E-state index contributed by atoms with van der Waals surface area (Å²) in [5.74, 6) is -0.644. The van der Waals surface area contributed by atoms with Gasteiger partial charge in [-0.05, 0) is 19.1 Å². The van der Waals surface area contributed by atoms with Crippen LogP contribution in [0.2, 0.25) is 0 Å². The van der Waals surface area contributed by atoms with Crippen LogP contribution in [0.5, 0.6) is 0 Å². The zero-order chi connectivity index (χ0) is 32.4. The van der Waals surface area contributed by atoms with Gasteiger partial charge in [0.1, 0.15) is 0 Å². The Hall–Kier alpha value is -3.68. The number of nitrogens with zero attached hydrogens (tertiary/aromatic N) is 1. The average Bonchev–Trinajstić information content (AvgIpc) is 3.37. The van der Waals surface area contributed by atoms with Gasteiger partial charge in [0.2, 0.25) is 5.91 Å². The first-order valence-corrected chi connectivity index (χ1v) is 15.0. The predicted octanol–water partition coefficient (Wildman–Crippen LogP) is 2.73. The molecule has 0 aliphatic rings. The molecule has 0 fully saturated rings. The number of carbonyl (C=O) groups is 2. The third-order valence-corrected chi connectivity index (χ3v) is 6.22. The lowest BCUT2D eigenvalue weighted by Gasteiger charge is -2.10. The number of para-hydroxylation sites is 2. The maximum Gasteiger partial charge on any atom is 0.373 e. The van der Waals surface area contributed by atoms with Crippen LogP contribution in [0.25, 0.3) is 21.8 Å². The van der Waals surface area contributed by atoms with Gasteiger partial charge >= 0.3 is 12.1 Å². The molecule has 0 unspecified atom stereocenters. The Morgan fingerprint density at radius 1 is 0.644 bits per heavy atom. The molecule has 0 radical (unpaired) electrons. The number of benzene rings is 2. The van der Waals surface area contributed by atoms with E-state index in [1.807, 2.05) is 47.9 Å². The maximum atomic E-state index is 12.3. The molecule has 0 bridgehead atoms. The van der Waals surface area contributed by atoms with Crippen molar-refractivity contribution in [2.45, 2.75) is 26.5 Å². The van der Waals surface area contributed by atoms with E-state index in [0.29, 0.717) is 85.8 Å². The molecule has 1 heterocycles. The van der Waals surface area contributed by atoms with Gasteiger partial charge in [0.15, 0.2) is 6.73 Å². The Kier molecular flexibility index (Phi) is 20.5. The minimum atomic E-state index is -0.421. The number of amides is 1. The number of fused-ring (bicyclic) bond motifs is 3. The largest absolute Gasteiger partial charge is 0.444 e. The second-order valence-corrected chi connectivity index (χ2v) is 9.30. The van der Waals surface area contributed by atoms with Crippen molar-refractivity contribution in [2.24, 2.45) is 0 Å². The molecule has 1 aromatic heterocycles. The third kappa shape index (κ3) is 15.7. The quantitative estimate of drug-likeness (QED) is 0.115. The topological polar surface area (TPSA) is 150 Å². The van der Waals surface area contributed by atoms with Crippen molar-refractivity contribution in [3.05, 3.63) is 48.5 Å². The van der Waals surface area contributed by atoms with Crippen molar-refractivity contribution >= 4 is 39.8 Å². The molecule has 0 aliphatic carbocycles. The summed E-state index contributed by atoms with van der Waals surface area (Å²) in [6.45, 7) is 8.51. The minimum Gasteiger partial charge on any atom is -0.444 e.